The normalized spacial score (nSPS) is 14.9. The maximum atomic E-state index is 4.60. The third-order valence-electron chi connectivity index (χ3n) is 7.11. The van der Waals surface area contributed by atoms with Gasteiger partial charge in [-0.15, -0.1) is 0 Å². The van der Waals surface area contributed by atoms with Crippen LogP contribution in [0.3, 0.4) is 0 Å². The van der Waals surface area contributed by atoms with Crippen LogP contribution in [0, 0.1) is 18.0 Å². The fraction of sp³-hybridized carbons (Fsp3) is 0.700. The van der Waals surface area contributed by atoms with Crippen LogP contribution in [0.4, 0.5) is 0 Å². The van der Waals surface area contributed by atoms with Gasteiger partial charge in [-0.2, -0.15) is 0 Å². The lowest BCUT2D eigenvalue weighted by Crippen LogP contribution is -2.21. The smallest absolute Gasteiger partial charge is 0.0965 e. The van der Waals surface area contributed by atoms with Crippen LogP contribution in [0.5, 0.6) is 0 Å². The number of hydrogen-bond donors (Lipinski definition) is 0. The van der Waals surface area contributed by atoms with Crippen LogP contribution in [0.25, 0.3) is 0 Å². The van der Waals surface area contributed by atoms with Crippen molar-refractivity contribution in [2.45, 2.75) is 123 Å². The van der Waals surface area contributed by atoms with Gasteiger partial charge in [0.15, 0.2) is 12.4 Å². The molecule has 0 spiro atoms. The monoisotopic (exact) mass is 437 g/mol. The Kier molecular flexibility index (Phi) is 14.9. The Bertz CT molecular complexity index is 595. The largest absolute Gasteiger partial charge is 0.244 e. The molecular weight excluding hydrogens is 388 g/mol. The minimum atomic E-state index is 0.493. The first-order valence-electron chi connectivity index (χ1n) is 13.8. The molecule has 178 valence electrons. The summed E-state index contributed by atoms with van der Waals surface area (Å²) < 4.78 is 0. The predicted molar refractivity (Wildman–Crippen MR) is 143 cm³/mol. The molecule has 2 unspecified atom stereocenters. The molecule has 0 amide bonds. The molecule has 2 rings (SSSR count). The number of unbranched alkanes of at least 4 members (excludes halogenated alkanes) is 13. The number of nitrogens with zero attached hydrogens (tertiary/aromatic N) is 2. The topological polar surface area (TPSA) is 24.7 Å². The molecule has 0 bridgehead atoms. The van der Waals surface area contributed by atoms with Gasteiger partial charge >= 0.3 is 0 Å². The lowest BCUT2D eigenvalue weighted by molar-refractivity contribution is 0.300. The predicted octanol–water partition coefficient (Wildman–Crippen LogP) is 9.39. The zero-order chi connectivity index (χ0) is 22.7. The number of benzene rings is 1. The van der Waals surface area contributed by atoms with Crippen molar-refractivity contribution < 1.29 is 0 Å². The molecule has 0 fully saturated rings. The molecule has 0 radical (unpaired) electrons. The third-order valence-corrected chi connectivity index (χ3v) is 7.11. The summed E-state index contributed by atoms with van der Waals surface area (Å²) in [7, 11) is 0. The Hall–Kier alpha value is -1.57. The highest BCUT2D eigenvalue weighted by atomic mass is 15.0. The molecular formula is C30H49N2+. The highest BCUT2D eigenvalue weighted by Crippen LogP contribution is 2.35. The fourth-order valence-corrected chi connectivity index (χ4v) is 5.07. The molecule has 1 heterocycles. The number of hydrogen-bond acceptors (Lipinski definition) is 2. The quantitative estimate of drug-likeness (QED) is 0.143. The second-order valence-electron chi connectivity index (χ2n) is 9.76. The summed E-state index contributed by atoms with van der Waals surface area (Å²) in [6, 6.07) is 10.9. The summed E-state index contributed by atoms with van der Waals surface area (Å²) in [5.74, 6) is 1.12. The zero-order valence-corrected chi connectivity index (χ0v) is 21.1. The molecule has 0 saturated heterocycles. The Balaban J connectivity index is 1.57. The maximum Gasteiger partial charge on any atom is 0.244 e. The van der Waals surface area contributed by atoms with Gasteiger partial charge in [0.05, 0.1) is 5.92 Å². The highest BCUT2D eigenvalue weighted by molar-refractivity contribution is 6.18. The van der Waals surface area contributed by atoms with Crippen molar-refractivity contribution in [3.63, 3.8) is 0 Å². The van der Waals surface area contributed by atoms with E-state index in [4.69, 9.17) is 0 Å². The lowest BCUT2D eigenvalue weighted by atomic mass is 9.80. The third kappa shape index (κ3) is 11.3. The highest BCUT2D eigenvalue weighted by Gasteiger charge is 2.34. The zero-order valence-electron chi connectivity index (χ0n) is 21.1. The Labute approximate surface area is 199 Å². The van der Waals surface area contributed by atoms with E-state index >= 15 is 0 Å². The van der Waals surface area contributed by atoms with Crippen molar-refractivity contribution in [1.29, 1.82) is 0 Å². The fourth-order valence-electron chi connectivity index (χ4n) is 5.07. The summed E-state index contributed by atoms with van der Waals surface area (Å²) in [6.07, 6.45) is 28.2. The van der Waals surface area contributed by atoms with Gasteiger partial charge < -0.3 is 0 Å². The van der Waals surface area contributed by atoms with Crippen molar-refractivity contribution in [2.75, 3.05) is 0 Å². The molecule has 1 aromatic rings. The van der Waals surface area contributed by atoms with Gasteiger partial charge in [0.1, 0.15) is 0 Å². The molecule has 1 aliphatic heterocycles. The average Bonchev–Trinajstić information content (AvgIpc) is 3.36. The van der Waals surface area contributed by atoms with Gasteiger partial charge in [-0.3, -0.25) is 0 Å². The number of aliphatic imine (C=N–C) groups is 2. The summed E-state index contributed by atoms with van der Waals surface area (Å²) in [5, 5.41) is 0. The van der Waals surface area contributed by atoms with Crippen molar-refractivity contribution >= 4 is 12.4 Å². The molecule has 2 heteroatoms. The Morgan fingerprint density at radius 3 is 1.66 bits per heavy atom. The molecule has 0 aromatic heterocycles. The van der Waals surface area contributed by atoms with E-state index in [2.05, 4.69) is 54.2 Å². The van der Waals surface area contributed by atoms with Crippen molar-refractivity contribution in [1.82, 2.24) is 0 Å². The molecule has 0 N–H and O–H groups in total. The van der Waals surface area contributed by atoms with Gasteiger partial charge in [0.2, 0.25) is 6.17 Å². The Morgan fingerprint density at radius 1 is 0.656 bits per heavy atom. The molecule has 1 aliphatic rings. The lowest BCUT2D eigenvalue weighted by Gasteiger charge is -2.24. The van der Waals surface area contributed by atoms with Crippen molar-refractivity contribution in [2.24, 2.45) is 21.8 Å². The first-order valence-corrected chi connectivity index (χ1v) is 13.8. The van der Waals surface area contributed by atoms with E-state index in [9.17, 15) is 0 Å². The standard InChI is InChI=1S/C30H49N2/c1-3-5-6-7-8-9-10-11-12-13-14-15-16-20-23-29(30-31-24-25-32-30)28(4-2)26-27-21-18-17-19-22-27/h17-19,21-22,24-25,28-29H,3-16,20,23,26H2,1-2H3/q+1. The first kappa shape index (κ1) is 26.7. The van der Waals surface area contributed by atoms with Gasteiger partial charge in [-0.1, -0.05) is 150 Å². The molecule has 0 aliphatic carbocycles. The van der Waals surface area contributed by atoms with E-state index in [0.29, 0.717) is 11.8 Å². The van der Waals surface area contributed by atoms with Crippen LogP contribution in [0.1, 0.15) is 122 Å². The van der Waals surface area contributed by atoms with Crippen LogP contribution in [-0.2, 0) is 6.42 Å². The molecule has 2 atom stereocenters. The van der Waals surface area contributed by atoms with Gasteiger partial charge in [0, 0.05) is 0 Å². The van der Waals surface area contributed by atoms with Gasteiger partial charge in [0.25, 0.3) is 0 Å². The SMILES string of the molecule is CCCCCCCCCCCCCCCCC([C+]1N=CC=N1)C(CC)Cc1ccccc1. The molecule has 2 nitrogen and oxygen atoms in total. The van der Waals surface area contributed by atoms with Crippen LogP contribution < -0.4 is 0 Å². The number of rotatable bonds is 20. The first-order chi connectivity index (χ1) is 15.8. The molecule has 1 aromatic carbocycles. The second kappa shape index (κ2) is 17.9. The minimum absolute atomic E-state index is 0.493. The van der Waals surface area contributed by atoms with E-state index in [1.807, 2.05) is 12.4 Å². The van der Waals surface area contributed by atoms with E-state index in [1.165, 1.54) is 108 Å². The minimum Gasteiger partial charge on any atom is -0.0965 e. The average molecular weight is 438 g/mol. The summed E-state index contributed by atoms with van der Waals surface area (Å²) in [6.45, 7) is 4.62. The van der Waals surface area contributed by atoms with Crippen LogP contribution in [0.15, 0.2) is 40.3 Å². The van der Waals surface area contributed by atoms with Crippen molar-refractivity contribution in [3.8, 4) is 0 Å². The van der Waals surface area contributed by atoms with E-state index in [1.54, 1.807) is 0 Å². The summed E-state index contributed by atoms with van der Waals surface area (Å²) in [4.78, 5) is 9.20. The van der Waals surface area contributed by atoms with Crippen LogP contribution >= 0.6 is 0 Å². The van der Waals surface area contributed by atoms with Crippen LogP contribution in [0.2, 0.25) is 0 Å². The van der Waals surface area contributed by atoms with E-state index in [-0.39, 0.29) is 0 Å². The maximum absolute atomic E-state index is 4.60. The summed E-state index contributed by atoms with van der Waals surface area (Å²) in [5.41, 5.74) is 1.44. The second-order valence-corrected chi connectivity index (χ2v) is 9.76. The van der Waals surface area contributed by atoms with E-state index < -0.39 is 0 Å². The van der Waals surface area contributed by atoms with Gasteiger partial charge in [-0.25, -0.2) is 0 Å². The molecule has 32 heavy (non-hydrogen) atoms. The Morgan fingerprint density at radius 2 is 1.16 bits per heavy atom. The van der Waals surface area contributed by atoms with E-state index in [0.717, 1.165) is 12.6 Å². The van der Waals surface area contributed by atoms with Crippen molar-refractivity contribution in [3.05, 3.63) is 42.1 Å². The summed E-state index contributed by atoms with van der Waals surface area (Å²) >= 11 is 0. The molecule has 0 saturated carbocycles. The van der Waals surface area contributed by atoms with Crippen LogP contribution in [-0.4, -0.2) is 12.4 Å². The van der Waals surface area contributed by atoms with Gasteiger partial charge in [-0.05, 0) is 24.3 Å².